The van der Waals surface area contributed by atoms with Crippen molar-refractivity contribution in [2.45, 2.75) is 121 Å². The van der Waals surface area contributed by atoms with E-state index in [1.165, 1.54) is 24.3 Å². The van der Waals surface area contributed by atoms with E-state index in [-0.39, 0.29) is 97.0 Å². The number of aryl methyl sites for hydroxylation is 2. The van der Waals surface area contributed by atoms with Gasteiger partial charge in [0.15, 0.2) is 0 Å². The monoisotopic (exact) mass is 940 g/mol. The summed E-state index contributed by atoms with van der Waals surface area (Å²) in [5.74, 6) is 0. The van der Waals surface area contributed by atoms with Crippen molar-refractivity contribution in [1.82, 2.24) is 0 Å². The fraction of sp³-hybridized carbons (Fsp3) is 0.684. The fourth-order valence-corrected chi connectivity index (χ4v) is 10.4. The van der Waals surface area contributed by atoms with Crippen LogP contribution < -0.4 is 11.5 Å². The highest BCUT2D eigenvalue weighted by atomic mass is 32.2. The normalized spacial score (nSPS) is 37.8. The van der Waals surface area contributed by atoms with E-state index < -0.39 is 56.9 Å². The van der Waals surface area contributed by atoms with Gasteiger partial charge in [-0.2, -0.15) is 16.8 Å². The maximum Gasteiger partial charge on any atom is 0.297 e. The molecule has 8 aliphatic heterocycles. The van der Waals surface area contributed by atoms with Crippen molar-refractivity contribution in [3.8, 4) is 0 Å². The van der Waals surface area contributed by atoms with Crippen LogP contribution >= 0.6 is 0 Å². The third kappa shape index (κ3) is 11.0. The topological polar surface area (TPSA) is 351 Å². The Kier molecular flexibility index (Phi) is 15.8. The Labute approximate surface area is 368 Å². The van der Waals surface area contributed by atoms with E-state index in [1.807, 2.05) is 13.8 Å². The number of fused-ring (bicyclic) bond motifs is 4. The summed E-state index contributed by atoms with van der Waals surface area (Å²) in [5, 5.41) is 25.4. The van der Waals surface area contributed by atoms with Gasteiger partial charge in [-0.15, -0.1) is 0 Å². The van der Waals surface area contributed by atoms with Crippen molar-refractivity contribution in [2.24, 2.45) is 21.7 Å². The van der Waals surface area contributed by atoms with Crippen LogP contribution in [0.5, 0.6) is 0 Å². The molecule has 0 bridgehead atoms. The van der Waals surface area contributed by atoms with Crippen LogP contribution in [0.4, 0.5) is 0 Å². The summed E-state index contributed by atoms with van der Waals surface area (Å²) in [6.45, 7) is 6.00. The van der Waals surface area contributed by atoms with Crippen LogP contribution in [0.25, 0.3) is 20.9 Å². The Morgan fingerprint density at radius 3 is 1.20 bits per heavy atom. The van der Waals surface area contributed by atoms with Gasteiger partial charge in [0, 0.05) is 9.82 Å². The summed E-state index contributed by atoms with van der Waals surface area (Å²) < 4.78 is 104. The van der Waals surface area contributed by atoms with Crippen LogP contribution in [0.3, 0.4) is 0 Å². The van der Waals surface area contributed by atoms with Gasteiger partial charge in [0.25, 0.3) is 20.2 Å². The van der Waals surface area contributed by atoms with Crippen LogP contribution in [-0.4, -0.2) is 177 Å². The molecule has 10 rings (SSSR count). The second kappa shape index (κ2) is 20.9. The summed E-state index contributed by atoms with van der Waals surface area (Å²) in [6.07, 6.45) is -5.40. The van der Waals surface area contributed by atoms with E-state index in [0.29, 0.717) is 26.4 Å². The first-order valence-corrected chi connectivity index (χ1v) is 23.3. The maximum atomic E-state index is 12.6. The zero-order valence-corrected chi connectivity index (χ0v) is 36.4. The Hall–Kier alpha value is -3.60. The molecule has 8 fully saturated rings. The third-order valence-corrected chi connectivity index (χ3v) is 14.3. The highest BCUT2D eigenvalue weighted by Crippen LogP contribution is 2.35. The zero-order chi connectivity index (χ0) is 45.8. The van der Waals surface area contributed by atoms with Crippen LogP contribution in [0, 0.1) is 13.8 Å². The Morgan fingerprint density at radius 2 is 0.844 bits per heavy atom. The van der Waals surface area contributed by atoms with Crippen LogP contribution in [0.2, 0.25) is 0 Å². The Balaban J connectivity index is 0.000000147. The van der Waals surface area contributed by atoms with Crippen molar-refractivity contribution < 1.29 is 73.3 Å². The smallest absolute Gasteiger partial charge is 0.297 e. The van der Waals surface area contributed by atoms with E-state index in [2.05, 4.69) is 20.1 Å². The molecule has 2 aromatic carbocycles. The largest absolute Gasteiger partial charge is 0.388 e. The predicted molar refractivity (Wildman–Crippen MR) is 218 cm³/mol. The first-order valence-electron chi connectivity index (χ1n) is 20.5. The van der Waals surface area contributed by atoms with Crippen molar-refractivity contribution >= 4 is 20.2 Å². The van der Waals surface area contributed by atoms with Gasteiger partial charge in [-0.05, 0) is 49.2 Å². The molecular formula is C38H52N8O16S2. The standard InChI is InChI=1S/C20H22O8S2.C6H8N6O2.C6H12N2O2.C6H10O4/c1-13-3-7-15(8-4-13)29(21,22)27-17-11-25-20-18(12-26-19(17)20)28-30(23,24)16-9-5-14(2)6-10-16;7-11-9-3-1-13-6-4(10-12-8)2-14-5(3)6;2*7-3-1-9-6-4(8)2-10-5(3)6/h3-10,17-20H,11-12H2,1-2H3;3-6H,1-2H2;3-6H,1-2,7-8H2;3-8H,1-2H2/t17-,18-,19?,20?;3*3-,4-,5?,6?/m1001/s1. The molecule has 8 heterocycles. The molecule has 24 nitrogen and oxygen atoms in total. The lowest BCUT2D eigenvalue weighted by Gasteiger charge is -2.17. The first-order chi connectivity index (χ1) is 30.6. The molecule has 2 aromatic rings. The number of hydrogen-bond donors (Lipinski definition) is 4. The van der Waals surface area contributed by atoms with E-state index in [9.17, 15) is 16.8 Å². The molecule has 352 valence electrons. The molecule has 0 radical (unpaired) electrons. The van der Waals surface area contributed by atoms with Gasteiger partial charge >= 0.3 is 0 Å². The molecule has 0 spiro atoms. The van der Waals surface area contributed by atoms with Crippen molar-refractivity contribution in [3.63, 3.8) is 0 Å². The molecule has 0 saturated carbocycles. The number of rotatable bonds is 8. The van der Waals surface area contributed by atoms with Gasteiger partial charge in [-0.3, -0.25) is 8.37 Å². The Bertz CT molecular complexity index is 2030. The highest BCUT2D eigenvalue weighted by molar-refractivity contribution is 7.87. The SMILES string of the molecule is Cc1ccc(S(=O)(=O)O[C@@H]2COC3C2OC[C@H]3OS(=O)(=O)c2ccc(C)cc2)cc1.N[C@H]1COC2C1OC[C@@H]2N.O[C@@H]1COC2C1OC[C@H]2O.[N-]=[N+]=N[C@H]1COC2C1OC[C@@H]2N=[N+]=[N-]. The van der Waals surface area contributed by atoms with E-state index >= 15 is 0 Å². The highest BCUT2D eigenvalue weighted by Gasteiger charge is 2.52. The summed E-state index contributed by atoms with van der Waals surface area (Å²) >= 11 is 0. The average Bonchev–Trinajstić information content (AvgIpc) is 4.14. The molecule has 0 amide bonds. The second-order valence-corrected chi connectivity index (χ2v) is 19.3. The van der Waals surface area contributed by atoms with Gasteiger partial charge in [0.1, 0.15) is 61.0 Å². The summed E-state index contributed by atoms with van der Waals surface area (Å²) in [6, 6.07) is 12.0. The van der Waals surface area contributed by atoms with E-state index in [4.69, 9.17) is 79.0 Å². The van der Waals surface area contributed by atoms with Crippen molar-refractivity contribution in [2.75, 3.05) is 52.9 Å². The number of nitrogens with zero attached hydrogens (tertiary/aromatic N) is 6. The van der Waals surface area contributed by atoms with Gasteiger partial charge in [-0.1, -0.05) is 45.6 Å². The first kappa shape index (κ1) is 48.3. The van der Waals surface area contributed by atoms with Crippen molar-refractivity contribution in [3.05, 3.63) is 80.5 Å². The lowest BCUT2D eigenvalue weighted by atomic mass is 10.1. The molecule has 16 atom stereocenters. The van der Waals surface area contributed by atoms with Crippen LogP contribution in [0.15, 0.2) is 68.6 Å². The minimum atomic E-state index is -4.02. The number of hydrogen-bond acceptors (Lipinski definition) is 20. The minimum Gasteiger partial charge on any atom is -0.388 e. The van der Waals surface area contributed by atoms with Gasteiger partial charge in [0.2, 0.25) is 0 Å². The minimum absolute atomic E-state index is 0.0264. The number of ether oxygens (including phenoxy) is 8. The molecule has 64 heavy (non-hydrogen) atoms. The Morgan fingerprint density at radius 1 is 0.516 bits per heavy atom. The molecule has 6 N–H and O–H groups in total. The lowest BCUT2D eigenvalue weighted by Crippen LogP contribution is -2.39. The molecule has 0 aromatic heterocycles. The quantitative estimate of drug-likeness (QED) is 0.117. The number of azide groups is 2. The third-order valence-electron chi connectivity index (χ3n) is 11.6. The predicted octanol–water partition coefficient (Wildman–Crippen LogP) is 0.0352. The van der Waals surface area contributed by atoms with Crippen LogP contribution in [-0.2, 0) is 66.5 Å². The van der Waals surface area contributed by atoms with E-state index in [1.54, 1.807) is 24.3 Å². The number of nitrogens with two attached hydrogens (primary N) is 2. The van der Waals surface area contributed by atoms with Gasteiger partial charge < -0.3 is 59.6 Å². The molecule has 26 heteroatoms. The molecule has 0 aliphatic carbocycles. The number of aliphatic hydroxyl groups excluding tert-OH is 2. The molecular weight excluding hydrogens is 889 g/mol. The molecule has 8 aliphatic rings. The van der Waals surface area contributed by atoms with Crippen molar-refractivity contribution in [1.29, 1.82) is 0 Å². The fourth-order valence-electron chi connectivity index (χ4n) is 8.25. The van der Waals surface area contributed by atoms with Gasteiger partial charge in [-0.25, -0.2) is 0 Å². The maximum absolute atomic E-state index is 12.6. The van der Waals surface area contributed by atoms with E-state index in [0.717, 1.165) is 11.1 Å². The summed E-state index contributed by atoms with van der Waals surface area (Å²) in [7, 11) is -8.04. The second-order valence-electron chi connectivity index (χ2n) is 16.2. The molecule has 8 unspecified atom stereocenters. The average molecular weight is 941 g/mol. The van der Waals surface area contributed by atoms with Crippen LogP contribution in [0.1, 0.15) is 11.1 Å². The zero-order valence-electron chi connectivity index (χ0n) is 34.8. The number of benzene rings is 2. The summed E-state index contributed by atoms with van der Waals surface area (Å²) in [5.41, 5.74) is 29.8. The number of aliphatic hydroxyl groups is 2. The summed E-state index contributed by atoms with van der Waals surface area (Å²) in [4.78, 5) is 5.48. The molecule has 8 saturated heterocycles. The van der Waals surface area contributed by atoms with Gasteiger partial charge in [0.05, 0.1) is 99.0 Å². The lowest BCUT2D eigenvalue weighted by molar-refractivity contribution is 0.00205.